The molecule has 0 N–H and O–H groups in total. The molecule has 0 bridgehead atoms. The SMILES string of the molecule is CCCCCCCCCCCCCCCCl.CCO[Si](CCCN(C)C)(OCC)OCC. The summed E-state index contributed by atoms with van der Waals surface area (Å²) >= 11 is 5.63. The zero-order chi connectivity index (χ0) is 24.3. The van der Waals surface area contributed by atoms with Crippen LogP contribution in [0.3, 0.4) is 0 Å². The number of halogens is 1. The lowest BCUT2D eigenvalue weighted by atomic mass is 10.1. The Hall–Kier alpha value is 0.347. The number of rotatable bonds is 23. The average Bonchev–Trinajstić information content (AvgIpc) is 2.75. The first kappa shape index (κ1) is 34.5. The van der Waals surface area contributed by atoms with Crippen LogP contribution in [0.1, 0.15) is 118 Å². The molecule has 0 aromatic carbocycles. The van der Waals surface area contributed by atoms with Crippen LogP contribution in [0.15, 0.2) is 0 Å². The van der Waals surface area contributed by atoms with Gasteiger partial charge in [0.25, 0.3) is 0 Å². The fourth-order valence-electron chi connectivity index (χ4n) is 3.73. The second-order valence-corrected chi connectivity index (χ2v) is 11.9. The molecular weight excluding hydrogens is 438 g/mol. The largest absolute Gasteiger partial charge is 0.500 e. The zero-order valence-electron chi connectivity index (χ0n) is 22.7. The second kappa shape index (κ2) is 27.6. The van der Waals surface area contributed by atoms with E-state index in [2.05, 4.69) is 25.9 Å². The molecule has 0 fully saturated rings. The third kappa shape index (κ3) is 25.0. The molecule has 0 spiro atoms. The topological polar surface area (TPSA) is 30.9 Å². The van der Waals surface area contributed by atoms with Crippen LogP contribution in [0.5, 0.6) is 0 Å². The Labute approximate surface area is 208 Å². The molecule has 0 aliphatic carbocycles. The van der Waals surface area contributed by atoms with E-state index in [9.17, 15) is 0 Å². The van der Waals surface area contributed by atoms with Crippen LogP contribution in [0.2, 0.25) is 6.04 Å². The second-order valence-electron chi connectivity index (χ2n) is 8.82. The number of nitrogens with zero attached hydrogens (tertiary/aromatic N) is 1. The summed E-state index contributed by atoms with van der Waals surface area (Å²) in [6, 6.07) is 0.903. The van der Waals surface area contributed by atoms with Gasteiger partial charge in [0.05, 0.1) is 0 Å². The van der Waals surface area contributed by atoms with E-state index in [1.165, 1.54) is 83.5 Å². The van der Waals surface area contributed by atoms with Gasteiger partial charge in [-0.15, -0.1) is 11.6 Å². The molecule has 0 radical (unpaired) electrons. The average molecular weight is 496 g/mol. The van der Waals surface area contributed by atoms with Crippen molar-refractivity contribution in [2.75, 3.05) is 46.3 Å². The summed E-state index contributed by atoms with van der Waals surface area (Å²) in [5.41, 5.74) is 0. The molecule has 0 aromatic rings. The van der Waals surface area contributed by atoms with Gasteiger partial charge in [0.2, 0.25) is 0 Å². The van der Waals surface area contributed by atoms with Gasteiger partial charge in [-0.05, 0) is 54.3 Å². The maximum absolute atomic E-state index is 5.77. The molecule has 6 heteroatoms. The van der Waals surface area contributed by atoms with Crippen LogP contribution in [-0.4, -0.2) is 60.0 Å². The standard InChI is InChI=1S/C15H31Cl.C11H27NO3Si/c1-2-3-4-5-6-7-8-9-10-11-12-13-14-15-16;1-6-13-16(14-7-2,15-8-3)11-9-10-12(4)5/h2-15H2,1H3;6-11H2,1-5H3. The van der Waals surface area contributed by atoms with Crippen molar-refractivity contribution >= 4 is 20.4 Å². The molecule has 0 saturated heterocycles. The number of hydrogen-bond donors (Lipinski definition) is 0. The lowest BCUT2D eigenvalue weighted by Crippen LogP contribution is -2.46. The van der Waals surface area contributed by atoms with Crippen molar-refractivity contribution in [2.45, 2.75) is 124 Å². The van der Waals surface area contributed by atoms with E-state index in [0.717, 1.165) is 24.9 Å². The van der Waals surface area contributed by atoms with Gasteiger partial charge in [0, 0.05) is 31.7 Å². The first-order chi connectivity index (χ1) is 15.5. The summed E-state index contributed by atoms with van der Waals surface area (Å²) in [6.07, 6.45) is 19.4. The Morgan fingerprint density at radius 2 is 0.938 bits per heavy atom. The molecule has 0 aromatic heterocycles. The minimum atomic E-state index is -2.39. The highest BCUT2D eigenvalue weighted by Crippen LogP contribution is 2.18. The molecule has 0 amide bonds. The molecule has 32 heavy (non-hydrogen) atoms. The van der Waals surface area contributed by atoms with E-state index >= 15 is 0 Å². The Balaban J connectivity index is 0. The van der Waals surface area contributed by atoms with Crippen molar-refractivity contribution in [1.82, 2.24) is 4.90 Å². The first-order valence-corrected chi connectivity index (χ1v) is 16.1. The molecule has 0 aliphatic heterocycles. The summed E-state index contributed by atoms with van der Waals surface area (Å²) in [7, 11) is 1.76. The van der Waals surface area contributed by atoms with Gasteiger partial charge in [-0.25, -0.2) is 0 Å². The minimum absolute atomic E-state index is 0.661. The predicted molar refractivity (Wildman–Crippen MR) is 145 cm³/mol. The van der Waals surface area contributed by atoms with E-state index < -0.39 is 8.80 Å². The monoisotopic (exact) mass is 495 g/mol. The van der Waals surface area contributed by atoms with Gasteiger partial charge in [0.1, 0.15) is 0 Å². The summed E-state index contributed by atoms with van der Waals surface area (Å²) in [5, 5.41) is 0. The normalized spacial score (nSPS) is 11.6. The van der Waals surface area contributed by atoms with Crippen LogP contribution in [0.4, 0.5) is 0 Å². The Kier molecular flexibility index (Phi) is 29.8. The minimum Gasteiger partial charge on any atom is -0.374 e. The lowest BCUT2D eigenvalue weighted by molar-refractivity contribution is 0.0703. The van der Waals surface area contributed by atoms with E-state index in [1.54, 1.807) is 0 Å². The highest BCUT2D eigenvalue weighted by molar-refractivity contribution is 6.60. The summed E-state index contributed by atoms with van der Waals surface area (Å²) in [6.45, 7) is 11.3. The smallest absolute Gasteiger partial charge is 0.374 e. The maximum Gasteiger partial charge on any atom is 0.500 e. The van der Waals surface area contributed by atoms with Crippen molar-refractivity contribution in [3.05, 3.63) is 0 Å². The molecule has 0 atom stereocenters. The highest BCUT2D eigenvalue weighted by atomic mass is 35.5. The van der Waals surface area contributed by atoms with Crippen molar-refractivity contribution in [2.24, 2.45) is 0 Å². The highest BCUT2D eigenvalue weighted by Gasteiger charge is 2.39. The van der Waals surface area contributed by atoms with Gasteiger partial charge in [0.15, 0.2) is 0 Å². The molecule has 0 aliphatic rings. The van der Waals surface area contributed by atoms with Gasteiger partial charge in [-0.3, -0.25) is 0 Å². The number of alkyl halides is 1. The lowest BCUT2D eigenvalue weighted by Gasteiger charge is -2.28. The molecular formula is C26H58ClNO3Si. The number of hydrogen-bond acceptors (Lipinski definition) is 4. The summed E-state index contributed by atoms with van der Waals surface area (Å²) < 4.78 is 17.3. The Bertz CT molecular complexity index is 318. The third-order valence-corrected chi connectivity index (χ3v) is 8.84. The first-order valence-electron chi connectivity index (χ1n) is 13.6. The van der Waals surface area contributed by atoms with Crippen LogP contribution in [0, 0.1) is 0 Å². The molecule has 0 unspecified atom stereocenters. The van der Waals surface area contributed by atoms with Gasteiger partial charge in [-0.2, -0.15) is 0 Å². The van der Waals surface area contributed by atoms with E-state index in [1.807, 2.05) is 20.8 Å². The van der Waals surface area contributed by atoms with Crippen molar-refractivity contribution in [1.29, 1.82) is 0 Å². The molecule has 4 nitrogen and oxygen atoms in total. The van der Waals surface area contributed by atoms with Gasteiger partial charge in [-0.1, -0.05) is 84.0 Å². The Morgan fingerprint density at radius 3 is 1.25 bits per heavy atom. The van der Waals surface area contributed by atoms with Gasteiger partial charge >= 0.3 is 8.80 Å². The van der Waals surface area contributed by atoms with Crippen molar-refractivity contribution in [3.8, 4) is 0 Å². The summed E-state index contributed by atoms with van der Waals surface area (Å²) in [5.74, 6) is 0.845. The van der Waals surface area contributed by atoms with Crippen LogP contribution in [-0.2, 0) is 13.3 Å². The maximum atomic E-state index is 5.77. The van der Waals surface area contributed by atoms with Crippen molar-refractivity contribution in [3.63, 3.8) is 0 Å². The van der Waals surface area contributed by atoms with E-state index in [-0.39, 0.29) is 0 Å². The summed E-state index contributed by atoms with van der Waals surface area (Å²) in [4.78, 5) is 2.17. The zero-order valence-corrected chi connectivity index (χ0v) is 24.4. The third-order valence-electron chi connectivity index (χ3n) is 5.42. The quantitative estimate of drug-likeness (QED) is 0.0809. The van der Waals surface area contributed by atoms with Crippen LogP contribution >= 0.6 is 11.6 Å². The number of unbranched alkanes of at least 4 members (excludes halogenated alkanes) is 12. The Morgan fingerprint density at radius 1 is 0.562 bits per heavy atom. The van der Waals surface area contributed by atoms with Crippen LogP contribution in [0.25, 0.3) is 0 Å². The van der Waals surface area contributed by atoms with E-state index in [0.29, 0.717) is 19.8 Å². The predicted octanol–water partition coefficient (Wildman–Crippen LogP) is 8.30. The molecule has 0 saturated carbocycles. The molecule has 0 rings (SSSR count). The van der Waals surface area contributed by atoms with Crippen LogP contribution < -0.4 is 0 Å². The molecule has 196 valence electrons. The van der Waals surface area contributed by atoms with Crippen molar-refractivity contribution < 1.29 is 13.3 Å². The van der Waals surface area contributed by atoms with E-state index in [4.69, 9.17) is 24.9 Å². The fourth-order valence-corrected chi connectivity index (χ4v) is 6.51. The molecule has 0 heterocycles. The van der Waals surface area contributed by atoms with Gasteiger partial charge < -0.3 is 18.2 Å². The fraction of sp³-hybridized carbons (Fsp3) is 1.00.